The van der Waals surface area contributed by atoms with Crippen molar-refractivity contribution >= 4 is 33.2 Å². The predicted molar refractivity (Wildman–Crippen MR) is 83.4 cm³/mol. The summed E-state index contributed by atoms with van der Waals surface area (Å²) in [5.74, 6) is 0.696. The second-order valence-electron chi connectivity index (χ2n) is 5.19. The van der Waals surface area contributed by atoms with E-state index >= 15 is 0 Å². The molecule has 0 aromatic heterocycles. The van der Waals surface area contributed by atoms with Crippen molar-refractivity contribution in [3.8, 4) is 6.07 Å². The van der Waals surface area contributed by atoms with Crippen molar-refractivity contribution in [1.29, 1.82) is 5.26 Å². The monoisotopic (exact) mass is 340 g/mol. The van der Waals surface area contributed by atoms with E-state index < -0.39 is 0 Å². The maximum absolute atomic E-state index is 9.29. The van der Waals surface area contributed by atoms with E-state index in [0.29, 0.717) is 10.9 Å². The van der Waals surface area contributed by atoms with Crippen molar-refractivity contribution in [2.75, 3.05) is 5.32 Å². The molecule has 1 atom stereocenters. The number of halogens is 2. The molecule has 19 heavy (non-hydrogen) atoms. The Balaban J connectivity index is 1.94. The van der Waals surface area contributed by atoms with E-state index in [1.807, 2.05) is 18.2 Å². The molecule has 1 aliphatic rings. The fourth-order valence-corrected chi connectivity index (χ4v) is 3.18. The summed E-state index contributed by atoms with van der Waals surface area (Å²) in [6.07, 6.45) is 7.46. The van der Waals surface area contributed by atoms with Crippen LogP contribution >= 0.6 is 27.5 Å². The maximum atomic E-state index is 9.29. The van der Waals surface area contributed by atoms with E-state index in [0.717, 1.165) is 16.6 Å². The smallest absolute Gasteiger partial charge is 0.114 e. The molecule has 2 rings (SSSR count). The lowest BCUT2D eigenvalue weighted by Crippen LogP contribution is -2.22. The van der Waals surface area contributed by atoms with Gasteiger partial charge < -0.3 is 5.32 Å². The quantitative estimate of drug-likeness (QED) is 0.798. The third kappa shape index (κ3) is 4.40. The summed E-state index contributed by atoms with van der Waals surface area (Å²) >= 11 is 9.37. The molecule has 1 aromatic carbocycles. The summed E-state index contributed by atoms with van der Waals surface area (Å²) in [7, 11) is 0. The van der Waals surface area contributed by atoms with E-state index in [9.17, 15) is 5.26 Å². The Bertz CT molecular complexity index is 464. The van der Waals surface area contributed by atoms with Crippen LogP contribution in [0.3, 0.4) is 0 Å². The Morgan fingerprint density at radius 3 is 2.74 bits per heavy atom. The lowest BCUT2D eigenvalue weighted by atomic mass is 9.85. The highest BCUT2D eigenvalue weighted by atomic mass is 79.9. The number of nitrogens with zero attached hydrogens (tertiary/aromatic N) is 1. The molecule has 1 N–H and O–H groups in total. The number of nitriles is 1. The SMILES string of the molecule is N#CC(CC1CCCCC1)Nc1ccc(Cl)c(Br)c1. The Labute approximate surface area is 128 Å². The Hall–Kier alpha value is -0.720. The topological polar surface area (TPSA) is 35.8 Å². The molecule has 2 nitrogen and oxygen atoms in total. The minimum absolute atomic E-state index is 0.115. The first-order chi connectivity index (χ1) is 9.19. The molecule has 0 saturated heterocycles. The highest BCUT2D eigenvalue weighted by Crippen LogP contribution is 2.29. The molecule has 0 aliphatic heterocycles. The molecule has 1 aliphatic carbocycles. The minimum Gasteiger partial charge on any atom is -0.370 e. The number of benzene rings is 1. The second-order valence-corrected chi connectivity index (χ2v) is 6.46. The maximum Gasteiger partial charge on any atom is 0.114 e. The molecular weight excluding hydrogens is 324 g/mol. The highest BCUT2D eigenvalue weighted by Gasteiger charge is 2.18. The van der Waals surface area contributed by atoms with Crippen LogP contribution in [0.5, 0.6) is 0 Å². The van der Waals surface area contributed by atoms with Crippen LogP contribution in [0.4, 0.5) is 5.69 Å². The summed E-state index contributed by atoms with van der Waals surface area (Å²) in [5.41, 5.74) is 0.943. The van der Waals surface area contributed by atoms with Crippen LogP contribution in [-0.4, -0.2) is 6.04 Å². The zero-order valence-corrected chi connectivity index (χ0v) is 13.2. The van der Waals surface area contributed by atoms with Gasteiger partial charge in [0.05, 0.1) is 11.1 Å². The van der Waals surface area contributed by atoms with Crippen molar-refractivity contribution < 1.29 is 0 Å². The van der Waals surface area contributed by atoms with Gasteiger partial charge in [0.15, 0.2) is 0 Å². The number of hydrogen-bond donors (Lipinski definition) is 1. The molecule has 0 spiro atoms. The van der Waals surface area contributed by atoms with Gasteiger partial charge in [-0.05, 0) is 46.5 Å². The van der Waals surface area contributed by atoms with Gasteiger partial charge in [0, 0.05) is 10.2 Å². The van der Waals surface area contributed by atoms with Gasteiger partial charge in [-0.1, -0.05) is 43.7 Å². The Morgan fingerprint density at radius 1 is 1.37 bits per heavy atom. The van der Waals surface area contributed by atoms with E-state index in [1.54, 1.807) is 0 Å². The van der Waals surface area contributed by atoms with Gasteiger partial charge in [0.2, 0.25) is 0 Å². The number of nitrogens with one attached hydrogen (secondary N) is 1. The summed E-state index contributed by atoms with van der Waals surface area (Å²) < 4.78 is 0.855. The van der Waals surface area contributed by atoms with E-state index in [-0.39, 0.29) is 6.04 Å². The van der Waals surface area contributed by atoms with Gasteiger partial charge in [-0.2, -0.15) is 5.26 Å². The normalized spacial score (nSPS) is 17.7. The van der Waals surface area contributed by atoms with Crippen LogP contribution < -0.4 is 5.32 Å². The zero-order valence-electron chi connectivity index (χ0n) is 10.8. The lowest BCUT2D eigenvalue weighted by molar-refractivity contribution is 0.335. The zero-order chi connectivity index (χ0) is 13.7. The van der Waals surface area contributed by atoms with Crippen LogP contribution in [0.1, 0.15) is 38.5 Å². The van der Waals surface area contributed by atoms with Gasteiger partial charge in [-0.3, -0.25) is 0 Å². The summed E-state index contributed by atoms with van der Waals surface area (Å²) in [6, 6.07) is 7.93. The summed E-state index contributed by atoms with van der Waals surface area (Å²) in [6.45, 7) is 0. The highest BCUT2D eigenvalue weighted by molar-refractivity contribution is 9.10. The molecule has 1 saturated carbocycles. The average molecular weight is 342 g/mol. The second kappa shape index (κ2) is 7.17. The predicted octanol–water partition coefficient (Wildman–Crippen LogP) is 5.38. The van der Waals surface area contributed by atoms with Gasteiger partial charge in [0.25, 0.3) is 0 Å². The molecule has 0 bridgehead atoms. The summed E-state index contributed by atoms with van der Waals surface area (Å²) in [5, 5.41) is 13.3. The third-order valence-electron chi connectivity index (χ3n) is 3.71. The van der Waals surface area contributed by atoms with Crippen LogP contribution in [0, 0.1) is 17.2 Å². The van der Waals surface area contributed by atoms with Crippen molar-refractivity contribution in [3.05, 3.63) is 27.7 Å². The number of hydrogen-bond acceptors (Lipinski definition) is 2. The molecule has 0 amide bonds. The van der Waals surface area contributed by atoms with E-state index in [1.165, 1.54) is 32.1 Å². The van der Waals surface area contributed by atoms with Crippen molar-refractivity contribution in [1.82, 2.24) is 0 Å². The van der Waals surface area contributed by atoms with Gasteiger partial charge >= 0.3 is 0 Å². The molecule has 4 heteroatoms. The first kappa shape index (κ1) is 14.7. The van der Waals surface area contributed by atoms with Crippen LogP contribution in [0.15, 0.2) is 22.7 Å². The Morgan fingerprint density at radius 2 is 2.11 bits per heavy atom. The molecule has 102 valence electrons. The largest absolute Gasteiger partial charge is 0.370 e. The van der Waals surface area contributed by atoms with Crippen molar-refractivity contribution in [3.63, 3.8) is 0 Å². The fraction of sp³-hybridized carbons (Fsp3) is 0.533. The fourth-order valence-electron chi connectivity index (χ4n) is 2.69. The van der Waals surface area contributed by atoms with E-state index in [2.05, 4.69) is 27.3 Å². The first-order valence-electron chi connectivity index (χ1n) is 6.80. The summed E-state index contributed by atoms with van der Waals surface area (Å²) in [4.78, 5) is 0. The standard InChI is InChI=1S/C15H18BrClN2/c16-14-9-12(6-7-15(14)17)19-13(10-18)8-11-4-2-1-3-5-11/h6-7,9,11,13,19H,1-5,8H2. The van der Waals surface area contributed by atoms with Crippen LogP contribution in [0.2, 0.25) is 5.02 Å². The van der Waals surface area contributed by atoms with Crippen molar-refractivity contribution in [2.24, 2.45) is 5.92 Å². The molecular formula is C15H18BrClN2. The molecule has 0 heterocycles. The molecule has 1 aromatic rings. The molecule has 1 fully saturated rings. The van der Waals surface area contributed by atoms with Gasteiger partial charge in [0.1, 0.15) is 6.04 Å². The van der Waals surface area contributed by atoms with Gasteiger partial charge in [-0.15, -0.1) is 0 Å². The lowest BCUT2D eigenvalue weighted by Gasteiger charge is -2.24. The van der Waals surface area contributed by atoms with E-state index in [4.69, 9.17) is 11.6 Å². The van der Waals surface area contributed by atoms with Crippen LogP contribution in [0.25, 0.3) is 0 Å². The van der Waals surface area contributed by atoms with Crippen molar-refractivity contribution in [2.45, 2.75) is 44.6 Å². The number of rotatable bonds is 4. The third-order valence-corrected chi connectivity index (χ3v) is 4.92. The van der Waals surface area contributed by atoms with Crippen LogP contribution in [-0.2, 0) is 0 Å². The number of anilines is 1. The minimum atomic E-state index is -0.115. The Kier molecular flexibility index (Phi) is 5.54. The van der Waals surface area contributed by atoms with Gasteiger partial charge in [-0.25, -0.2) is 0 Å². The molecule has 1 unspecified atom stereocenters. The first-order valence-corrected chi connectivity index (χ1v) is 7.97. The molecule has 0 radical (unpaired) electrons. The average Bonchev–Trinajstić information content (AvgIpc) is 2.43.